The monoisotopic (exact) mass is 366 g/mol. The lowest BCUT2D eigenvalue weighted by Gasteiger charge is -2.07. The van der Waals surface area contributed by atoms with E-state index in [1.165, 1.54) is 19.8 Å². The number of hydrogen-bond acceptors (Lipinski definition) is 3. The number of aromatic nitrogens is 3. The average molecular weight is 367 g/mol. The van der Waals surface area contributed by atoms with Crippen LogP contribution in [0.25, 0.3) is 22.2 Å². The van der Waals surface area contributed by atoms with Gasteiger partial charge in [0.15, 0.2) is 0 Å². The molecule has 5 heteroatoms. The number of anilines is 1. The Balaban J connectivity index is 0.000000614. The lowest BCUT2D eigenvalue weighted by molar-refractivity contribution is -0.114. The maximum absolute atomic E-state index is 11.2. The zero-order valence-electron chi connectivity index (χ0n) is 17.0. The maximum atomic E-state index is 11.2. The molecule has 0 radical (unpaired) electrons. The fourth-order valence-electron chi connectivity index (χ4n) is 2.82. The number of nitrogens with one attached hydrogen (secondary N) is 1. The SMILES string of the molecule is CC.CC.CC(=O)Nc1cc(-c2cnc3ccn(CC4CC4)c3c2)ccn1. The van der Waals surface area contributed by atoms with Gasteiger partial charge < -0.3 is 9.88 Å². The summed E-state index contributed by atoms with van der Waals surface area (Å²) in [7, 11) is 0. The molecule has 144 valence electrons. The number of pyridine rings is 2. The third kappa shape index (κ3) is 5.39. The van der Waals surface area contributed by atoms with Gasteiger partial charge in [-0.05, 0) is 48.6 Å². The Morgan fingerprint density at radius 1 is 1.11 bits per heavy atom. The van der Waals surface area contributed by atoms with E-state index in [-0.39, 0.29) is 5.91 Å². The van der Waals surface area contributed by atoms with Gasteiger partial charge in [-0.3, -0.25) is 9.78 Å². The summed E-state index contributed by atoms with van der Waals surface area (Å²) in [5, 5.41) is 2.72. The molecule has 4 rings (SSSR count). The second-order valence-corrected chi connectivity index (χ2v) is 6.15. The first kappa shape index (κ1) is 20.6. The second-order valence-electron chi connectivity index (χ2n) is 6.15. The van der Waals surface area contributed by atoms with E-state index in [1.54, 1.807) is 6.20 Å². The summed E-state index contributed by atoms with van der Waals surface area (Å²) in [6.45, 7) is 10.6. The quantitative estimate of drug-likeness (QED) is 0.661. The molecule has 1 aliphatic rings. The van der Waals surface area contributed by atoms with Gasteiger partial charge in [0.25, 0.3) is 0 Å². The van der Waals surface area contributed by atoms with Crippen LogP contribution in [0.3, 0.4) is 0 Å². The van der Waals surface area contributed by atoms with E-state index in [9.17, 15) is 4.79 Å². The van der Waals surface area contributed by atoms with Crippen molar-refractivity contribution in [1.82, 2.24) is 14.5 Å². The van der Waals surface area contributed by atoms with Gasteiger partial charge in [0.2, 0.25) is 5.91 Å². The van der Waals surface area contributed by atoms with E-state index in [0.29, 0.717) is 5.82 Å². The van der Waals surface area contributed by atoms with Crippen molar-refractivity contribution >= 4 is 22.8 Å². The van der Waals surface area contributed by atoms with Gasteiger partial charge >= 0.3 is 0 Å². The number of rotatable bonds is 4. The Labute approximate surface area is 161 Å². The standard InChI is InChI=1S/C18H18N4O.2C2H6/c1-12(23)21-18-9-14(4-6-19-18)15-8-17-16(20-10-15)5-7-22(17)11-13-2-3-13;2*1-2/h4-10,13H,2-3,11H2,1H3,(H,19,21,23);2*1-2H3. The highest BCUT2D eigenvalue weighted by Gasteiger charge is 2.22. The van der Waals surface area contributed by atoms with Crippen LogP contribution in [0.4, 0.5) is 5.82 Å². The third-order valence-corrected chi connectivity index (χ3v) is 4.17. The molecule has 0 saturated heterocycles. The average Bonchev–Trinajstić information content (AvgIpc) is 3.43. The van der Waals surface area contributed by atoms with Crippen molar-refractivity contribution in [3.8, 4) is 11.1 Å². The van der Waals surface area contributed by atoms with Gasteiger partial charge in [-0.15, -0.1) is 0 Å². The van der Waals surface area contributed by atoms with Gasteiger partial charge in [-0.1, -0.05) is 27.7 Å². The number of nitrogens with zero attached hydrogens (tertiary/aromatic N) is 3. The zero-order chi connectivity index (χ0) is 19.8. The van der Waals surface area contributed by atoms with Crippen molar-refractivity contribution in [3.05, 3.63) is 42.9 Å². The molecule has 27 heavy (non-hydrogen) atoms. The first-order valence-electron chi connectivity index (χ1n) is 9.88. The van der Waals surface area contributed by atoms with Crippen LogP contribution in [-0.2, 0) is 11.3 Å². The summed E-state index contributed by atoms with van der Waals surface area (Å²) in [6.07, 6.45) is 8.36. The summed E-state index contributed by atoms with van der Waals surface area (Å²) in [6, 6.07) is 8.04. The Kier molecular flexibility index (Phi) is 7.53. The van der Waals surface area contributed by atoms with Crippen molar-refractivity contribution in [3.63, 3.8) is 0 Å². The van der Waals surface area contributed by atoms with Gasteiger partial charge in [-0.2, -0.15) is 0 Å². The van der Waals surface area contributed by atoms with Gasteiger partial charge in [0, 0.05) is 37.6 Å². The summed E-state index contributed by atoms with van der Waals surface area (Å²) < 4.78 is 2.29. The Morgan fingerprint density at radius 2 is 1.85 bits per heavy atom. The van der Waals surface area contributed by atoms with Crippen molar-refractivity contribution in [2.75, 3.05) is 5.32 Å². The number of carbonyl (C=O) groups is 1. The molecule has 3 heterocycles. The lowest BCUT2D eigenvalue weighted by atomic mass is 10.1. The molecular formula is C22H30N4O. The minimum Gasteiger partial charge on any atom is -0.346 e. The summed E-state index contributed by atoms with van der Waals surface area (Å²) in [5.41, 5.74) is 4.21. The van der Waals surface area contributed by atoms with Crippen LogP contribution in [0, 0.1) is 5.92 Å². The molecule has 1 N–H and O–H groups in total. The highest BCUT2D eigenvalue weighted by molar-refractivity contribution is 5.88. The smallest absolute Gasteiger partial charge is 0.222 e. The number of carbonyl (C=O) groups excluding carboxylic acids is 1. The highest BCUT2D eigenvalue weighted by atomic mass is 16.1. The van der Waals surface area contributed by atoms with Crippen molar-refractivity contribution in [2.45, 2.75) is 54.0 Å². The minimum atomic E-state index is -0.124. The Morgan fingerprint density at radius 3 is 2.52 bits per heavy atom. The molecule has 0 atom stereocenters. The molecule has 1 fully saturated rings. The molecule has 1 aliphatic carbocycles. The molecule has 5 nitrogen and oxygen atoms in total. The summed E-state index contributed by atoms with van der Waals surface area (Å²) >= 11 is 0. The molecule has 0 bridgehead atoms. The molecule has 3 aromatic rings. The Hall–Kier alpha value is -2.69. The van der Waals surface area contributed by atoms with E-state index in [2.05, 4.69) is 38.2 Å². The van der Waals surface area contributed by atoms with Crippen molar-refractivity contribution in [1.29, 1.82) is 0 Å². The molecule has 1 saturated carbocycles. The van der Waals surface area contributed by atoms with Gasteiger partial charge in [-0.25, -0.2) is 4.98 Å². The van der Waals surface area contributed by atoms with E-state index in [4.69, 9.17) is 0 Å². The van der Waals surface area contributed by atoms with Crippen molar-refractivity contribution < 1.29 is 4.79 Å². The van der Waals surface area contributed by atoms with Crippen LogP contribution in [0.15, 0.2) is 42.9 Å². The summed E-state index contributed by atoms with van der Waals surface area (Å²) in [4.78, 5) is 19.9. The van der Waals surface area contributed by atoms with Gasteiger partial charge in [0.05, 0.1) is 11.0 Å². The largest absolute Gasteiger partial charge is 0.346 e. The third-order valence-electron chi connectivity index (χ3n) is 4.17. The maximum Gasteiger partial charge on any atom is 0.222 e. The molecule has 0 unspecified atom stereocenters. The van der Waals surface area contributed by atoms with E-state index in [0.717, 1.165) is 34.6 Å². The van der Waals surface area contributed by atoms with Crippen LogP contribution in [0.2, 0.25) is 0 Å². The van der Waals surface area contributed by atoms with Crippen LogP contribution in [0.5, 0.6) is 0 Å². The fourth-order valence-corrected chi connectivity index (χ4v) is 2.82. The predicted molar refractivity (Wildman–Crippen MR) is 113 cm³/mol. The number of amides is 1. The fraction of sp³-hybridized carbons (Fsp3) is 0.409. The highest BCUT2D eigenvalue weighted by Crippen LogP contribution is 2.32. The van der Waals surface area contributed by atoms with Crippen LogP contribution < -0.4 is 5.32 Å². The van der Waals surface area contributed by atoms with Crippen molar-refractivity contribution in [2.24, 2.45) is 5.92 Å². The minimum absolute atomic E-state index is 0.124. The zero-order valence-corrected chi connectivity index (χ0v) is 17.0. The Bertz CT molecular complexity index is 881. The number of hydrogen-bond donors (Lipinski definition) is 1. The second kappa shape index (κ2) is 9.86. The molecule has 0 aromatic carbocycles. The first-order chi connectivity index (χ1) is 13.2. The lowest BCUT2D eigenvalue weighted by Crippen LogP contribution is -2.07. The molecule has 1 amide bonds. The molecule has 3 aromatic heterocycles. The predicted octanol–water partition coefficient (Wildman–Crippen LogP) is 5.52. The van der Waals surface area contributed by atoms with E-state index < -0.39 is 0 Å². The van der Waals surface area contributed by atoms with E-state index in [1.807, 2.05) is 46.0 Å². The topological polar surface area (TPSA) is 59.8 Å². The first-order valence-corrected chi connectivity index (χ1v) is 9.88. The van der Waals surface area contributed by atoms with Crippen LogP contribution in [0.1, 0.15) is 47.5 Å². The van der Waals surface area contributed by atoms with Gasteiger partial charge in [0.1, 0.15) is 5.82 Å². The van der Waals surface area contributed by atoms with Crippen LogP contribution >= 0.6 is 0 Å². The molecule has 0 spiro atoms. The van der Waals surface area contributed by atoms with Crippen LogP contribution in [-0.4, -0.2) is 20.4 Å². The normalized spacial score (nSPS) is 12.5. The number of fused-ring (bicyclic) bond motifs is 1. The van der Waals surface area contributed by atoms with E-state index >= 15 is 0 Å². The summed E-state index contributed by atoms with van der Waals surface area (Å²) in [5.74, 6) is 1.26. The molecule has 0 aliphatic heterocycles. The molecular weight excluding hydrogens is 336 g/mol.